The van der Waals surface area contributed by atoms with Crippen LogP contribution in [-0.4, -0.2) is 64.3 Å². The number of esters is 2. The monoisotopic (exact) mass is 410 g/mol. The van der Waals surface area contributed by atoms with E-state index in [1.54, 1.807) is 25.7 Å². The summed E-state index contributed by atoms with van der Waals surface area (Å²) in [4.78, 5) is 46.2. The number of thioether (sulfide) groups is 1. The van der Waals surface area contributed by atoms with Crippen LogP contribution >= 0.6 is 11.8 Å². The molecule has 0 spiro atoms. The molecule has 0 aromatic carbocycles. The average molecular weight is 410 g/mol. The molecule has 1 unspecified atom stereocenters. The summed E-state index contributed by atoms with van der Waals surface area (Å²) in [6.45, 7) is 6.86. The van der Waals surface area contributed by atoms with Gasteiger partial charge in [-0.25, -0.2) is 14.8 Å². The number of amides is 1. The van der Waals surface area contributed by atoms with E-state index in [0.717, 1.165) is 0 Å². The number of aromatic nitrogens is 2. The van der Waals surface area contributed by atoms with E-state index < -0.39 is 11.2 Å². The van der Waals surface area contributed by atoms with Crippen molar-refractivity contribution in [2.24, 2.45) is 5.92 Å². The Kier molecular flexibility index (Phi) is 8.04. The minimum Gasteiger partial charge on any atom is -0.466 e. The molecular formula is C18H26N4O5S. The van der Waals surface area contributed by atoms with Gasteiger partial charge >= 0.3 is 11.9 Å². The fourth-order valence-electron chi connectivity index (χ4n) is 2.86. The first-order valence-electron chi connectivity index (χ1n) is 9.29. The third kappa shape index (κ3) is 5.57. The quantitative estimate of drug-likeness (QED) is 0.404. The Hall–Kier alpha value is -2.36. The molecule has 9 nitrogen and oxygen atoms in total. The lowest BCUT2D eigenvalue weighted by atomic mass is 9.97. The highest BCUT2D eigenvalue weighted by Crippen LogP contribution is 2.25. The lowest BCUT2D eigenvalue weighted by Crippen LogP contribution is -2.43. The zero-order valence-electron chi connectivity index (χ0n) is 16.3. The van der Waals surface area contributed by atoms with Gasteiger partial charge in [0.2, 0.25) is 5.91 Å². The number of likely N-dealkylation sites (tertiary alicyclic amines) is 1. The molecule has 2 N–H and O–H groups in total. The van der Waals surface area contributed by atoms with Crippen molar-refractivity contribution in [1.82, 2.24) is 14.9 Å². The Morgan fingerprint density at radius 1 is 1.25 bits per heavy atom. The third-order valence-electron chi connectivity index (χ3n) is 4.35. The van der Waals surface area contributed by atoms with Gasteiger partial charge in [0.1, 0.15) is 11.4 Å². The number of anilines is 1. The number of hydrogen-bond acceptors (Lipinski definition) is 9. The molecule has 1 aromatic rings. The van der Waals surface area contributed by atoms with E-state index in [2.05, 4.69) is 9.97 Å². The lowest BCUT2D eigenvalue weighted by Gasteiger charge is -2.32. The summed E-state index contributed by atoms with van der Waals surface area (Å²) in [5, 5.41) is -0.111. The van der Waals surface area contributed by atoms with Crippen LogP contribution in [0, 0.1) is 5.92 Å². The van der Waals surface area contributed by atoms with Crippen LogP contribution in [0.1, 0.15) is 44.0 Å². The second-order valence-corrected chi connectivity index (χ2v) is 7.59. The fraction of sp³-hybridized carbons (Fsp3) is 0.611. The highest BCUT2D eigenvalue weighted by Gasteiger charge is 2.30. The van der Waals surface area contributed by atoms with Gasteiger partial charge < -0.3 is 20.1 Å². The van der Waals surface area contributed by atoms with Crippen molar-refractivity contribution in [3.05, 3.63) is 11.8 Å². The molecule has 0 radical (unpaired) electrons. The van der Waals surface area contributed by atoms with E-state index in [0.29, 0.717) is 37.7 Å². The van der Waals surface area contributed by atoms with Crippen molar-refractivity contribution in [1.29, 1.82) is 0 Å². The molecule has 1 fully saturated rings. The molecule has 1 aliphatic heterocycles. The average Bonchev–Trinajstić information content (AvgIpc) is 2.68. The van der Waals surface area contributed by atoms with Crippen molar-refractivity contribution in [2.75, 3.05) is 32.0 Å². The molecule has 0 saturated carbocycles. The summed E-state index contributed by atoms with van der Waals surface area (Å²) in [6, 6.07) is 0. The third-order valence-corrected chi connectivity index (χ3v) is 5.31. The largest absolute Gasteiger partial charge is 0.466 e. The Bertz CT molecular complexity index is 722. The number of nitrogen functional groups attached to an aromatic ring is 1. The van der Waals surface area contributed by atoms with E-state index >= 15 is 0 Å². The molecule has 154 valence electrons. The molecule has 1 saturated heterocycles. The normalized spacial score (nSPS) is 15.8. The first kappa shape index (κ1) is 21.9. The maximum atomic E-state index is 12.7. The number of nitrogens with zero attached hydrogens (tertiary/aromatic N) is 3. The molecule has 10 heteroatoms. The molecule has 1 atom stereocenters. The SMILES string of the molecule is CCOC(=O)c1cnc(SC(C)C(=O)N2CCC(C(=O)OCC)CC2)nc1N. The predicted molar refractivity (Wildman–Crippen MR) is 104 cm³/mol. The van der Waals surface area contributed by atoms with Crippen LogP contribution < -0.4 is 5.73 Å². The van der Waals surface area contributed by atoms with Gasteiger partial charge in [0.15, 0.2) is 5.16 Å². The summed E-state index contributed by atoms with van der Waals surface area (Å²) < 4.78 is 9.94. The maximum absolute atomic E-state index is 12.7. The Balaban J connectivity index is 1.91. The standard InChI is InChI=1S/C18H26N4O5S/c1-4-26-16(24)12-6-8-22(9-7-12)15(23)11(3)28-18-20-10-13(14(19)21-18)17(25)27-5-2/h10-12H,4-9H2,1-3H3,(H2,19,20,21). The highest BCUT2D eigenvalue weighted by atomic mass is 32.2. The van der Waals surface area contributed by atoms with Crippen molar-refractivity contribution < 1.29 is 23.9 Å². The van der Waals surface area contributed by atoms with Gasteiger partial charge in [0, 0.05) is 19.3 Å². The zero-order valence-corrected chi connectivity index (χ0v) is 17.2. The van der Waals surface area contributed by atoms with Crippen molar-refractivity contribution >= 4 is 35.4 Å². The van der Waals surface area contributed by atoms with E-state index in [-0.39, 0.29) is 35.8 Å². The van der Waals surface area contributed by atoms with Crippen LogP contribution in [0.5, 0.6) is 0 Å². The summed E-state index contributed by atoms with van der Waals surface area (Å²) >= 11 is 1.17. The van der Waals surface area contributed by atoms with E-state index in [4.69, 9.17) is 15.2 Å². The number of carbonyl (C=O) groups is 3. The minimum absolute atomic E-state index is 0.0193. The number of ether oxygens (including phenoxy) is 2. The van der Waals surface area contributed by atoms with Gasteiger partial charge in [-0.1, -0.05) is 11.8 Å². The van der Waals surface area contributed by atoms with Gasteiger partial charge in [-0.2, -0.15) is 0 Å². The molecule has 1 amide bonds. The van der Waals surface area contributed by atoms with Crippen molar-refractivity contribution in [3.8, 4) is 0 Å². The summed E-state index contributed by atoms with van der Waals surface area (Å²) in [6.07, 6.45) is 2.50. The van der Waals surface area contributed by atoms with Crippen LogP contribution in [0.2, 0.25) is 0 Å². The number of rotatable bonds is 7. The smallest absolute Gasteiger partial charge is 0.343 e. The molecule has 2 heterocycles. The second-order valence-electron chi connectivity index (χ2n) is 6.28. The van der Waals surface area contributed by atoms with Gasteiger partial charge in [0.25, 0.3) is 0 Å². The topological polar surface area (TPSA) is 125 Å². The Morgan fingerprint density at radius 3 is 2.46 bits per heavy atom. The van der Waals surface area contributed by atoms with E-state index in [9.17, 15) is 14.4 Å². The van der Waals surface area contributed by atoms with Crippen molar-refractivity contribution in [2.45, 2.75) is 44.0 Å². The molecule has 1 aliphatic rings. The van der Waals surface area contributed by atoms with Crippen molar-refractivity contribution in [3.63, 3.8) is 0 Å². The molecule has 0 bridgehead atoms. The molecule has 28 heavy (non-hydrogen) atoms. The highest BCUT2D eigenvalue weighted by molar-refractivity contribution is 8.00. The second kappa shape index (κ2) is 10.3. The van der Waals surface area contributed by atoms with Crippen LogP contribution in [0.4, 0.5) is 5.82 Å². The molecular weight excluding hydrogens is 384 g/mol. The number of piperidine rings is 1. The van der Waals surface area contributed by atoms with Gasteiger partial charge in [-0.15, -0.1) is 0 Å². The predicted octanol–water partition coefficient (Wildman–Crippen LogP) is 1.52. The van der Waals surface area contributed by atoms with Crippen LogP contribution in [0.3, 0.4) is 0 Å². The van der Waals surface area contributed by atoms with E-state index in [1.165, 1.54) is 18.0 Å². The van der Waals surface area contributed by atoms with Gasteiger partial charge in [-0.05, 0) is 33.6 Å². The first-order chi connectivity index (χ1) is 13.4. The number of hydrogen-bond donors (Lipinski definition) is 1. The van der Waals surface area contributed by atoms with Crippen LogP contribution in [0.15, 0.2) is 11.4 Å². The number of nitrogens with two attached hydrogens (primary N) is 1. The number of carbonyl (C=O) groups excluding carboxylic acids is 3. The van der Waals surface area contributed by atoms with Crippen LogP contribution in [0.25, 0.3) is 0 Å². The molecule has 2 rings (SSSR count). The fourth-order valence-corrected chi connectivity index (χ4v) is 3.69. The Labute approximate surface area is 168 Å². The maximum Gasteiger partial charge on any atom is 0.343 e. The van der Waals surface area contributed by atoms with Gasteiger partial charge in [0.05, 0.1) is 24.4 Å². The minimum atomic E-state index is -0.579. The lowest BCUT2D eigenvalue weighted by molar-refractivity contribution is -0.151. The molecule has 1 aromatic heterocycles. The summed E-state index contributed by atoms with van der Waals surface area (Å²) in [5.41, 5.74) is 5.91. The first-order valence-corrected chi connectivity index (χ1v) is 10.2. The summed E-state index contributed by atoms with van der Waals surface area (Å²) in [7, 11) is 0. The van der Waals surface area contributed by atoms with E-state index in [1.807, 2.05) is 0 Å². The Morgan fingerprint density at radius 2 is 1.89 bits per heavy atom. The summed E-state index contributed by atoms with van der Waals surface area (Å²) in [5.74, 6) is -0.951. The molecule has 0 aliphatic carbocycles. The van der Waals surface area contributed by atoms with Crippen LogP contribution in [-0.2, 0) is 19.1 Å². The zero-order chi connectivity index (χ0) is 20.7. The van der Waals surface area contributed by atoms with Gasteiger partial charge in [-0.3, -0.25) is 9.59 Å².